The van der Waals surface area contributed by atoms with E-state index in [0.717, 1.165) is 43.3 Å². The lowest BCUT2D eigenvalue weighted by atomic mass is 9.95. The predicted molar refractivity (Wildman–Crippen MR) is 104 cm³/mol. The maximum Gasteiger partial charge on any atom is 0.238 e. The van der Waals surface area contributed by atoms with Gasteiger partial charge in [-0.25, -0.2) is 0 Å². The number of piperidine rings is 1. The number of nitrogens with one attached hydrogen (secondary N) is 1. The van der Waals surface area contributed by atoms with E-state index in [1.165, 1.54) is 18.4 Å². The molecule has 3 aliphatic heterocycles. The Morgan fingerprint density at radius 3 is 2.74 bits per heavy atom. The van der Waals surface area contributed by atoms with Crippen molar-refractivity contribution in [2.24, 2.45) is 5.92 Å². The monoisotopic (exact) mass is 368 g/mol. The SMILES string of the molecule is Cc1noc(C)c1CN1C[C@@H]2CC[C@H](C1)N(CC(=O)Nc1ccccc1)C2. The van der Waals surface area contributed by atoms with Crippen LogP contribution < -0.4 is 5.32 Å². The summed E-state index contributed by atoms with van der Waals surface area (Å²) in [6.07, 6.45) is 2.42. The van der Waals surface area contributed by atoms with Gasteiger partial charge in [0.2, 0.25) is 5.91 Å². The van der Waals surface area contributed by atoms with Crippen molar-refractivity contribution in [1.29, 1.82) is 0 Å². The summed E-state index contributed by atoms with van der Waals surface area (Å²) in [6, 6.07) is 10.1. The van der Waals surface area contributed by atoms with Gasteiger partial charge >= 0.3 is 0 Å². The summed E-state index contributed by atoms with van der Waals surface area (Å²) in [6.45, 7) is 8.44. The van der Waals surface area contributed by atoms with Gasteiger partial charge in [-0.1, -0.05) is 23.4 Å². The molecular formula is C21H28N4O2. The van der Waals surface area contributed by atoms with Crippen molar-refractivity contribution < 1.29 is 9.32 Å². The molecule has 2 bridgehead atoms. The van der Waals surface area contributed by atoms with Crippen LogP contribution in [-0.2, 0) is 11.3 Å². The number of amides is 1. The summed E-state index contributed by atoms with van der Waals surface area (Å²) in [5, 5.41) is 7.10. The zero-order valence-corrected chi connectivity index (χ0v) is 16.1. The first-order valence-corrected chi connectivity index (χ1v) is 9.81. The number of fused-ring (bicyclic) bond motifs is 4. The molecule has 2 aromatic rings. The maximum absolute atomic E-state index is 12.5. The third-order valence-corrected chi connectivity index (χ3v) is 5.87. The second-order valence-corrected chi connectivity index (χ2v) is 7.94. The molecule has 1 aromatic heterocycles. The maximum atomic E-state index is 12.5. The molecule has 6 nitrogen and oxygen atoms in total. The third kappa shape index (κ3) is 4.22. The Morgan fingerprint density at radius 2 is 2.00 bits per heavy atom. The molecule has 6 heteroatoms. The molecule has 1 aromatic carbocycles. The van der Waals surface area contributed by atoms with Gasteiger partial charge in [0.15, 0.2) is 0 Å². The van der Waals surface area contributed by atoms with Crippen molar-refractivity contribution in [3.8, 4) is 0 Å². The first-order chi connectivity index (χ1) is 13.1. The fourth-order valence-corrected chi connectivity index (χ4v) is 4.46. The third-order valence-electron chi connectivity index (χ3n) is 5.87. The van der Waals surface area contributed by atoms with Crippen LogP contribution in [0.2, 0.25) is 0 Å². The molecule has 3 fully saturated rings. The van der Waals surface area contributed by atoms with E-state index >= 15 is 0 Å². The normalized spacial score (nSPS) is 23.3. The van der Waals surface area contributed by atoms with E-state index in [1.54, 1.807) is 0 Å². The number of para-hydroxylation sites is 1. The molecule has 3 aliphatic rings. The fraction of sp³-hybridized carbons (Fsp3) is 0.524. The Bertz CT molecular complexity index is 769. The van der Waals surface area contributed by atoms with E-state index in [4.69, 9.17) is 4.52 Å². The van der Waals surface area contributed by atoms with Crippen LogP contribution in [0.25, 0.3) is 0 Å². The molecule has 5 rings (SSSR count). The van der Waals surface area contributed by atoms with Gasteiger partial charge in [0.05, 0.1) is 12.2 Å². The topological polar surface area (TPSA) is 61.6 Å². The van der Waals surface area contributed by atoms with Crippen molar-refractivity contribution in [2.75, 3.05) is 31.5 Å². The number of anilines is 1. The van der Waals surface area contributed by atoms with Gasteiger partial charge in [0.1, 0.15) is 5.76 Å². The summed E-state index contributed by atoms with van der Waals surface area (Å²) in [5.74, 6) is 1.61. The number of rotatable bonds is 5. The summed E-state index contributed by atoms with van der Waals surface area (Å²) in [5.41, 5.74) is 3.07. The smallest absolute Gasteiger partial charge is 0.238 e. The number of carbonyl (C=O) groups is 1. The molecule has 4 heterocycles. The standard InChI is InChI=1S/C21H28N4O2/c1-15-20(16(2)27-23-15)13-24-10-17-8-9-19(12-24)25(11-17)14-21(26)22-18-6-4-3-5-7-18/h3-7,17,19H,8-14H2,1-2H3,(H,22,26)/t17-,19+/m0/s1. The number of benzene rings is 1. The molecule has 3 saturated heterocycles. The second kappa shape index (κ2) is 7.82. The van der Waals surface area contributed by atoms with Gasteiger partial charge < -0.3 is 9.84 Å². The molecule has 144 valence electrons. The largest absolute Gasteiger partial charge is 0.361 e. The number of carbonyl (C=O) groups excluding carboxylic acids is 1. The number of aryl methyl sites for hydroxylation is 2. The minimum atomic E-state index is 0.0750. The van der Waals surface area contributed by atoms with Gasteiger partial charge in [0, 0.05) is 43.5 Å². The molecule has 0 aliphatic carbocycles. The molecule has 27 heavy (non-hydrogen) atoms. The molecule has 0 spiro atoms. The highest BCUT2D eigenvalue weighted by molar-refractivity contribution is 5.92. The second-order valence-electron chi connectivity index (χ2n) is 7.94. The van der Waals surface area contributed by atoms with Crippen LogP contribution in [0.4, 0.5) is 5.69 Å². The Morgan fingerprint density at radius 1 is 1.19 bits per heavy atom. The van der Waals surface area contributed by atoms with E-state index in [0.29, 0.717) is 18.5 Å². The number of hydrogen-bond acceptors (Lipinski definition) is 5. The zero-order valence-electron chi connectivity index (χ0n) is 16.1. The van der Waals surface area contributed by atoms with Gasteiger partial charge in [-0.05, 0) is 44.7 Å². The lowest BCUT2D eigenvalue weighted by Gasteiger charge is -2.35. The van der Waals surface area contributed by atoms with Gasteiger partial charge in [-0.2, -0.15) is 0 Å². The molecule has 0 unspecified atom stereocenters. The first kappa shape index (κ1) is 18.2. The van der Waals surface area contributed by atoms with Gasteiger partial charge in [-0.15, -0.1) is 0 Å². The lowest BCUT2D eigenvalue weighted by molar-refractivity contribution is -0.118. The van der Waals surface area contributed by atoms with Crippen LogP contribution in [0.3, 0.4) is 0 Å². The average Bonchev–Trinajstić information content (AvgIpc) is 2.82. The van der Waals surface area contributed by atoms with Crippen LogP contribution in [0.15, 0.2) is 34.9 Å². The van der Waals surface area contributed by atoms with E-state index in [9.17, 15) is 4.79 Å². The number of nitrogens with zero attached hydrogens (tertiary/aromatic N) is 3. The van der Waals surface area contributed by atoms with Crippen LogP contribution in [0.1, 0.15) is 29.9 Å². The van der Waals surface area contributed by atoms with Crippen molar-refractivity contribution in [3.63, 3.8) is 0 Å². The van der Waals surface area contributed by atoms with E-state index in [1.807, 2.05) is 44.2 Å². The summed E-state index contributed by atoms with van der Waals surface area (Å²) in [7, 11) is 0. The van der Waals surface area contributed by atoms with Gasteiger partial charge in [-0.3, -0.25) is 14.6 Å². The van der Waals surface area contributed by atoms with E-state index in [-0.39, 0.29) is 5.91 Å². The minimum Gasteiger partial charge on any atom is -0.361 e. The molecular weight excluding hydrogens is 340 g/mol. The summed E-state index contributed by atoms with van der Waals surface area (Å²) >= 11 is 0. The van der Waals surface area contributed by atoms with Crippen LogP contribution in [-0.4, -0.2) is 53.1 Å². The molecule has 0 saturated carbocycles. The molecule has 1 N–H and O–H groups in total. The summed E-state index contributed by atoms with van der Waals surface area (Å²) in [4.78, 5) is 17.4. The lowest BCUT2D eigenvalue weighted by Crippen LogP contribution is -2.47. The van der Waals surface area contributed by atoms with Crippen molar-refractivity contribution in [1.82, 2.24) is 15.0 Å². The highest BCUT2D eigenvalue weighted by Gasteiger charge is 2.35. The van der Waals surface area contributed by atoms with Crippen LogP contribution in [0, 0.1) is 19.8 Å². The zero-order chi connectivity index (χ0) is 18.8. The van der Waals surface area contributed by atoms with Crippen molar-refractivity contribution in [2.45, 2.75) is 39.3 Å². The van der Waals surface area contributed by atoms with Gasteiger partial charge in [0.25, 0.3) is 0 Å². The molecule has 1 amide bonds. The number of aromatic nitrogens is 1. The van der Waals surface area contributed by atoms with E-state index in [2.05, 4.69) is 20.3 Å². The van der Waals surface area contributed by atoms with E-state index < -0.39 is 0 Å². The highest BCUT2D eigenvalue weighted by atomic mass is 16.5. The first-order valence-electron chi connectivity index (χ1n) is 9.81. The Hall–Kier alpha value is -2.18. The fourth-order valence-electron chi connectivity index (χ4n) is 4.46. The molecule has 2 atom stereocenters. The Kier molecular flexibility index (Phi) is 5.27. The predicted octanol–water partition coefficient (Wildman–Crippen LogP) is 2.83. The van der Waals surface area contributed by atoms with Crippen molar-refractivity contribution >= 4 is 11.6 Å². The molecule has 0 radical (unpaired) electrons. The van der Waals surface area contributed by atoms with Crippen LogP contribution in [0.5, 0.6) is 0 Å². The summed E-state index contributed by atoms with van der Waals surface area (Å²) < 4.78 is 5.33. The highest BCUT2D eigenvalue weighted by Crippen LogP contribution is 2.29. The number of hydrogen-bond donors (Lipinski definition) is 1. The Labute approximate surface area is 160 Å². The van der Waals surface area contributed by atoms with Crippen LogP contribution >= 0.6 is 0 Å². The Balaban J connectivity index is 1.38. The average molecular weight is 368 g/mol. The van der Waals surface area contributed by atoms with Crippen molar-refractivity contribution in [3.05, 3.63) is 47.3 Å². The minimum absolute atomic E-state index is 0.0750. The quantitative estimate of drug-likeness (QED) is 0.879.